The zero-order valence-corrected chi connectivity index (χ0v) is 16.3. The Labute approximate surface area is 163 Å². The largest absolute Gasteiger partial charge is 0.497 e. The van der Waals surface area contributed by atoms with Crippen LogP contribution in [0.5, 0.6) is 17.2 Å². The Morgan fingerprint density at radius 2 is 1.68 bits per heavy atom. The highest BCUT2D eigenvalue weighted by molar-refractivity contribution is 5.95. The first-order valence-electron chi connectivity index (χ1n) is 8.70. The molecule has 0 saturated heterocycles. The van der Waals surface area contributed by atoms with Crippen molar-refractivity contribution in [3.05, 3.63) is 71.8 Å². The van der Waals surface area contributed by atoms with Crippen molar-refractivity contribution in [2.45, 2.75) is 6.04 Å². The number of nitrogens with one attached hydrogen (secondary N) is 1. The van der Waals surface area contributed by atoms with E-state index in [1.807, 2.05) is 29.9 Å². The van der Waals surface area contributed by atoms with Crippen molar-refractivity contribution in [2.75, 3.05) is 21.3 Å². The van der Waals surface area contributed by atoms with Crippen LogP contribution in [0.1, 0.15) is 27.8 Å². The molecule has 146 valence electrons. The van der Waals surface area contributed by atoms with E-state index in [1.165, 1.54) is 0 Å². The van der Waals surface area contributed by atoms with Gasteiger partial charge in [0.2, 0.25) is 0 Å². The lowest BCUT2D eigenvalue weighted by Crippen LogP contribution is -2.31. The Morgan fingerprint density at radius 1 is 1.00 bits per heavy atom. The number of carbonyl (C=O) groups excluding carboxylic acids is 1. The maximum absolute atomic E-state index is 12.9. The summed E-state index contributed by atoms with van der Waals surface area (Å²) in [5, 5.41) is 3.06. The van der Waals surface area contributed by atoms with Gasteiger partial charge in [-0.2, -0.15) is 0 Å². The number of aryl methyl sites for hydroxylation is 1. The number of nitrogens with zero attached hydrogens (tertiary/aromatic N) is 2. The summed E-state index contributed by atoms with van der Waals surface area (Å²) in [6.07, 6.45) is 3.52. The summed E-state index contributed by atoms with van der Waals surface area (Å²) in [6, 6.07) is 12.0. The minimum atomic E-state index is -0.497. The molecule has 0 aliphatic heterocycles. The quantitative estimate of drug-likeness (QED) is 0.681. The molecule has 2 aromatic carbocycles. The maximum atomic E-state index is 12.9. The first-order valence-corrected chi connectivity index (χ1v) is 8.70. The second-order valence-corrected chi connectivity index (χ2v) is 6.18. The van der Waals surface area contributed by atoms with Gasteiger partial charge in [-0.1, -0.05) is 6.07 Å². The Kier molecular flexibility index (Phi) is 5.84. The topological polar surface area (TPSA) is 74.6 Å². The second-order valence-electron chi connectivity index (χ2n) is 6.18. The molecule has 1 amide bonds. The summed E-state index contributed by atoms with van der Waals surface area (Å²) < 4.78 is 17.8. The number of hydrogen-bond donors (Lipinski definition) is 1. The van der Waals surface area contributed by atoms with Gasteiger partial charge in [0.15, 0.2) is 0 Å². The molecule has 1 aromatic heterocycles. The molecule has 3 aromatic rings. The predicted molar refractivity (Wildman–Crippen MR) is 105 cm³/mol. The van der Waals surface area contributed by atoms with Gasteiger partial charge in [-0.25, -0.2) is 4.98 Å². The molecule has 7 nitrogen and oxygen atoms in total. The summed E-state index contributed by atoms with van der Waals surface area (Å²) in [5.41, 5.74) is 1.29. The average Bonchev–Trinajstić information content (AvgIpc) is 3.16. The summed E-state index contributed by atoms with van der Waals surface area (Å²) in [5.74, 6) is 2.32. The Balaban J connectivity index is 2.01. The van der Waals surface area contributed by atoms with Crippen LogP contribution in [0.2, 0.25) is 0 Å². The van der Waals surface area contributed by atoms with E-state index >= 15 is 0 Å². The van der Waals surface area contributed by atoms with E-state index < -0.39 is 6.04 Å². The van der Waals surface area contributed by atoms with E-state index in [9.17, 15) is 4.79 Å². The second kappa shape index (κ2) is 8.47. The van der Waals surface area contributed by atoms with Crippen LogP contribution < -0.4 is 19.5 Å². The van der Waals surface area contributed by atoms with Crippen LogP contribution in [-0.4, -0.2) is 36.8 Å². The zero-order chi connectivity index (χ0) is 20.1. The van der Waals surface area contributed by atoms with Crippen molar-refractivity contribution < 1.29 is 19.0 Å². The molecule has 0 bridgehead atoms. The molecule has 1 unspecified atom stereocenters. The van der Waals surface area contributed by atoms with Gasteiger partial charge in [0.1, 0.15) is 29.1 Å². The van der Waals surface area contributed by atoms with Crippen molar-refractivity contribution in [2.24, 2.45) is 7.05 Å². The van der Waals surface area contributed by atoms with Crippen LogP contribution in [0.3, 0.4) is 0 Å². The third-order valence-corrected chi connectivity index (χ3v) is 4.43. The van der Waals surface area contributed by atoms with Crippen molar-refractivity contribution in [3.63, 3.8) is 0 Å². The zero-order valence-electron chi connectivity index (χ0n) is 16.3. The monoisotopic (exact) mass is 381 g/mol. The van der Waals surface area contributed by atoms with Gasteiger partial charge in [-0.3, -0.25) is 4.79 Å². The van der Waals surface area contributed by atoms with Crippen LogP contribution in [0.4, 0.5) is 0 Å². The molecule has 0 aliphatic carbocycles. The van der Waals surface area contributed by atoms with Gasteiger partial charge in [-0.05, 0) is 35.9 Å². The molecule has 28 heavy (non-hydrogen) atoms. The molecule has 3 rings (SSSR count). The first-order chi connectivity index (χ1) is 13.5. The maximum Gasteiger partial charge on any atom is 0.252 e. The molecular formula is C21H23N3O4. The number of imidazole rings is 1. The number of benzene rings is 2. The van der Waals surface area contributed by atoms with Crippen molar-refractivity contribution in [3.8, 4) is 17.2 Å². The molecule has 0 saturated carbocycles. The van der Waals surface area contributed by atoms with Crippen molar-refractivity contribution >= 4 is 5.91 Å². The summed E-state index contributed by atoms with van der Waals surface area (Å²) in [4.78, 5) is 17.4. The van der Waals surface area contributed by atoms with Gasteiger partial charge in [0, 0.05) is 31.1 Å². The molecular weight excluding hydrogens is 358 g/mol. The van der Waals surface area contributed by atoms with Gasteiger partial charge in [0.25, 0.3) is 5.91 Å². The lowest BCUT2D eigenvalue weighted by atomic mass is 10.0. The number of ether oxygens (including phenoxy) is 3. The molecule has 0 spiro atoms. The van der Waals surface area contributed by atoms with Gasteiger partial charge >= 0.3 is 0 Å². The van der Waals surface area contributed by atoms with Crippen LogP contribution in [-0.2, 0) is 7.05 Å². The van der Waals surface area contributed by atoms with E-state index in [4.69, 9.17) is 14.2 Å². The van der Waals surface area contributed by atoms with Crippen LogP contribution in [0, 0.1) is 0 Å². The fraction of sp³-hybridized carbons (Fsp3) is 0.238. The predicted octanol–water partition coefficient (Wildman–Crippen LogP) is 2.97. The SMILES string of the molecule is COc1cccc(C(=O)NC(c2cc(OC)cc(OC)c2)c2nccn2C)c1. The first kappa shape index (κ1) is 19.3. The highest BCUT2D eigenvalue weighted by Gasteiger charge is 2.23. The lowest BCUT2D eigenvalue weighted by molar-refractivity contribution is 0.0940. The molecule has 0 radical (unpaired) electrons. The summed E-state index contributed by atoms with van der Waals surface area (Å²) >= 11 is 0. The number of aromatic nitrogens is 2. The smallest absolute Gasteiger partial charge is 0.252 e. The highest BCUT2D eigenvalue weighted by atomic mass is 16.5. The van der Waals surface area contributed by atoms with E-state index in [2.05, 4.69) is 10.3 Å². The van der Waals surface area contributed by atoms with Crippen LogP contribution in [0.15, 0.2) is 54.9 Å². The fourth-order valence-corrected chi connectivity index (χ4v) is 2.93. The van der Waals surface area contributed by atoms with Gasteiger partial charge in [-0.15, -0.1) is 0 Å². The Morgan fingerprint density at radius 3 is 2.25 bits per heavy atom. The van der Waals surface area contributed by atoms with Gasteiger partial charge < -0.3 is 24.1 Å². The lowest BCUT2D eigenvalue weighted by Gasteiger charge is -2.20. The van der Waals surface area contributed by atoms with Crippen molar-refractivity contribution in [1.82, 2.24) is 14.9 Å². The molecule has 1 heterocycles. The van der Waals surface area contributed by atoms with Gasteiger partial charge in [0.05, 0.1) is 21.3 Å². The standard InChI is InChI=1S/C21H23N3O4/c1-24-9-8-22-20(24)19(15-11-17(27-3)13-18(12-15)28-4)23-21(25)14-6-5-7-16(10-14)26-2/h5-13,19H,1-4H3,(H,23,25). The average molecular weight is 381 g/mol. The van der Waals surface area contributed by atoms with E-state index in [0.717, 1.165) is 5.56 Å². The van der Waals surface area contributed by atoms with Crippen LogP contribution >= 0.6 is 0 Å². The molecule has 7 heteroatoms. The normalized spacial score (nSPS) is 11.6. The number of carbonyl (C=O) groups is 1. The minimum absolute atomic E-state index is 0.242. The van der Waals surface area contributed by atoms with E-state index in [-0.39, 0.29) is 5.91 Å². The molecule has 1 N–H and O–H groups in total. The third-order valence-electron chi connectivity index (χ3n) is 4.43. The Hall–Kier alpha value is -3.48. The third kappa shape index (κ3) is 4.09. The van der Waals surface area contributed by atoms with E-state index in [1.54, 1.807) is 57.9 Å². The van der Waals surface area contributed by atoms with Crippen molar-refractivity contribution in [1.29, 1.82) is 0 Å². The highest BCUT2D eigenvalue weighted by Crippen LogP contribution is 2.29. The molecule has 1 atom stereocenters. The molecule has 0 fully saturated rings. The van der Waals surface area contributed by atoms with Crippen LogP contribution in [0.25, 0.3) is 0 Å². The molecule has 0 aliphatic rings. The summed E-state index contributed by atoms with van der Waals surface area (Å²) in [6.45, 7) is 0. The number of hydrogen-bond acceptors (Lipinski definition) is 5. The number of methoxy groups -OCH3 is 3. The summed E-state index contributed by atoms with van der Waals surface area (Å²) in [7, 11) is 6.62. The van der Waals surface area contributed by atoms with E-state index in [0.29, 0.717) is 28.6 Å². The number of amides is 1. The number of rotatable bonds is 7. The minimum Gasteiger partial charge on any atom is -0.497 e. The Bertz CT molecular complexity index is 946. The fourth-order valence-electron chi connectivity index (χ4n) is 2.93.